The van der Waals surface area contributed by atoms with Crippen molar-refractivity contribution in [3.8, 4) is 0 Å². The first-order valence-corrected chi connectivity index (χ1v) is 5.83. The lowest BCUT2D eigenvalue weighted by atomic mass is 10.2. The van der Waals surface area contributed by atoms with Gasteiger partial charge in [-0.25, -0.2) is 0 Å². The van der Waals surface area contributed by atoms with E-state index in [0.717, 1.165) is 12.8 Å². The lowest BCUT2D eigenvalue weighted by molar-refractivity contribution is -0.137. The van der Waals surface area contributed by atoms with Gasteiger partial charge in [-0.05, 0) is 13.3 Å². The number of aromatic nitrogens is 2. The smallest absolute Gasteiger partial charge is 0.303 e. The normalized spacial score (nSPS) is 12.6. The Kier molecular flexibility index (Phi) is 5.62. The number of hydrogen-bond donors (Lipinski definition) is 1. The molecule has 0 aliphatic heterocycles. The Morgan fingerprint density at radius 3 is 2.88 bits per heavy atom. The van der Waals surface area contributed by atoms with Gasteiger partial charge in [-0.2, -0.15) is 4.98 Å². The summed E-state index contributed by atoms with van der Waals surface area (Å²) in [6.07, 6.45) is 1.88. The van der Waals surface area contributed by atoms with E-state index < -0.39 is 5.97 Å². The topological polar surface area (TPSA) is 85.5 Å². The van der Waals surface area contributed by atoms with Gasteiger partial charge in [0.05, 0.1) is 6.42 Å². The molecular formula is C11H18N2O4. The summed E-state index contributed by atoms with van der Waals surface area (Å²) >= 11 is 0. The van der Waals surface area contributed by atoms with E-state index in [2.05, 4.69) is 17.1 Å². The summed E-state index contributed by atoms with van der Waals surface area (Å²) in [5.74, 6) is -0.0167. The molecule has 1 aromatic rings. The van der Waals surface area contributed by atoms with E-state index in [4.69, 9.17) is 14.4 Å². The standard InChI is InChI=1S/C11H18N2O4/c1-3-5-8(16-4-2)11-12-9(17-13-11)6-7-10(14)15/h8H,3-7H2,1-2H3,(H,14,15). The van der Waals surface area contributed by atoms with Crippen molar-refractivity contribution in [1.29, 1.82) is 0 Å². The third kappa shape index (κ3) is 4.52. The summed E-state index contributed by atoms with van der Waals surface area (Å²) in [7, 11) is 0. The van der Waals surface area contributed by atoms with Crippen LogP contribution in [0.15, 0.2) is 4.52 Å². The highest BCUT2D eigenvalue weighted by Gasteiger charge is 2.18. The molecule has 6 nitrogen and oxygen atoms in total. The molecule has 1 heterocycles. The molecule has 1 aromatic heterocycles. The molecule has 1 N–H and O–H groups in total. The molecule has 6 heteroatoms. The lowest BCUT2D eigenvalue weighted by Crippen LogP contribution is -2.06. The molecule has 96 valence electrons. The second-order valence-corrected chi connectivity index (χ2v) is 3.67. The van der Waals surface area contributed by atoms with Crippen molar-refractivity contribution in [2.45, 2.75) is 45.6 Å². The SMILES string of the molecule is CCCC(OCC)c1noc(CCC(=O)O)n1. The molecular weight excluding hydrogens is 224 g/mol. The molecule has 0 fully saturated rings. The average molecular weight is 242 g/mol. The third-order valence-electron chi connectivity index (χ3n) is 2.24. The number of aryl methyl sites for hydroxylation is 1. The Morgan fingerprint density at radius 1 is 1.53 bits per heavy atom. The number of carboxylic acid groups (broad SMARTS) is 1. The van der Waals surface area contributed by atoms with Gasteiger partial charge in [0.15, 0.2) is 0 Å². The quantitative estimate of drug-likeness (QED) is 0.750. The van der Waals surface area contributed by atoms with Crippen LogP contribution in [0.1, 0.15) is 50.9 Å². The molecule has 0 radical (unpaired) electrons. The molecule has 0 saturated heterocycles. The molecule has 1 unspecified atom stereocenters. The van der Waals surface area contributed by atoms with Gasteiger partial charge in [0, 0.05) is 13.0 Å². The van der Waals surface area contributed by atoms with E-state index in [1.54, 1.807) is 0 Å². The average Bonchev–Trinajstić information content (AvgIpc) is 2.74. The monoisotopic (exact) mass is 242 g/mol. The largest absolute Gasteiger partial charge is 0.481 e. The number of nitrogens with zero attached hydrogens (tertiary/aromatic N) is 2. The van der Waals surface area contributed by atoms with Crippen LogP contribution in [0, 0.1) is 0 Å². The van der Waals surface area contributed by atoms with Crippen molar-refractivity contribution in [3.05, 3.63) is 11.7 Å². The fraction of sp³-hybridized carbons (Fsp3) is 0.727. The van der Waals surface area contributed by atoms with Crippen molar-refractivity contribution in [3.63, 3.8) is 0 Å². The zero-order valence-corrected chi connectivity index (χ0v) is 10.2. The van der Waals surface area contributed by atoms with Crippen molar-refractivity contribution < 1.29 is 19.2 Å². The first kappa shape index (κ1) is 13.6. The van der Waals surface area contributed by atoms with Gasteiger partial charge in [-0.3, -0.25) is 4.79 Å². The Bertz CT molecular complexity index is 345. The minimum absolute atomic E-state index is 0.00525. The summed E-state index contributed by atoms with van der Waals surface area (Å²) in [5.41, 5.74) is 0. The molecule has 0 bridgehead atoms. The first-order valence-electron chi connectivity index (χ1n) is 5.83. The van der Waals surface area contributed by atoms with Crippen LogP contribution in [-0.2, 0) is 16.0 Å². The molecule has 0 spiro atoms. The molecule has 0 saturated carbocycles. The number of carboxylic acids is 1. The van der Waals surface area contributed by atoms with Crippen molar-refractivity contribution in [2.24, 2.45) is 0 Å². The maximum Gasteiger partial charge on any atom is 0.303 e. The highest BCUT2D eigenvalue weighted by atomic mass is 16.5. The Morgan fingerprint density at radius 2 is 2.29 bits per heavy atom. The molecule has 1 atom stereocenters. The predicted octanol–water partition coefficient (Wildman–Crippen LogP) is 1.96. The summed E-state index contributed by atoms with van der Waals surface area (Å²) in [5, 5.41) is 12.4. The number of ether oxygens (including phenoxy) is 1. The lowest BCUT2D eigenvalue weighted by Gasteiger charge is -2.10. The molecule has 1 rings (SSSR count). The molecule has 0 amide bonds. The van der Waals surface area contributed by atoms with Crippen LogP contribution in [0.3, 0.4) is 0 Å². The predicted molar refractivity (Wildman–Crippen MR) is 59.5 cm³/mol. The second-order valence-electron chi connectivity index (χ2n) is 3.67. The Hall–Kier alpha value is -1.43. The fourth-order valence-electron chi connectivity index (χ4n) is 1.46. The van der Waals surface area contributed by atoms with Crippen LogP contribution >= 0.6 is 0 Å². The van der Waals surface area contributed by atoms with Gasteiger partial charge < -0.3 is 14.4 Å². The van der Waals surface area contributed by atoms with E-state index in [9.17, 15) is 4.79 Å². The van der Waals surface area contributed by atoms with Gasteiger partial charge in [0.1, 0.15) is 6.10 Å². The summed E-state index contributed by atoms with van der Waals surface area (Å²) in [6.45, 7) is 4.55. The number of aliphatic carboxylic acids is 1. The van der Waals surface area contributed by atoms with E-state index in [0.29, 0.717) is 18.3 Å². The highest BCUT2D eigenvalue weighted by Crippen LogP contribution is 2.20. The van der Waals surface area contributed by atoms with E-state index in [1.807, 2.05) is 6.92 Å². The Balaban J connectivity index is 2.60. The molecule has 17 heavy (non-hydrogen) atoms. The third-order valence-corrected chi connectivity index (χ3v) is 2.24. The maximum absolute atomic E-state index is 10.4. The van der Waals surface area contributed by atoms with E-state index in [1.165, 1.54) is 0 Å². The Labute approximate surface area is 100.0 Å². The number of rotatable bonds is 8. The van der Waals surface area contributed by atoms with E-state index >= 15 is 0 Å². The number of hydrogen-bond acceptors (Lipinski definition) is 5. The zero-order chi connectivity index (χ0) is 12.7. The maximum atomic E-state index is 10.4. The molecule has 0 aliphatic carbocycles. The number of carbonyl (C=O) groups is 1. The van der Waals surface area contributed by atoms with Gasteiger partial charge >= 0.3 is 5.97 Å². The van der Waals surface area contributed by atoms with Gasteiger partial charge in [-0.1, -0.05) is 18.5 Å². The minimum atomic E-state index is -0.875. The van der Waals surface area contributed by atoms with Crippen LogP contribution in [0.2, 0.25) is 0 Å². The van der Waals surface area contributed by atoms with Crippen LogP contribution < -0.4 is 0 Å². The minimum Gasteiger partial charge on any atom is -0.481 e. The highest BCUT2D eigenvalue weighted by molar-refractivity contribution is 5.66. The molecule has 0 aliphatic rings. The summed E-state index contributed by atoms with van der Waals surface area (Å²) < 4.78 is 10.5. The van der Waals surface area contributed by atoms with Crippen LogP contribution in [0.5, 0.6) is 0 Å². The van der Waals surface area contributed by atoms with Crippen LogP contribution in [-0.4, -0.2) is 27.8 Å². The van der Waals surface area contributed by atoms with Crippen LogP contribution in [0.4, 0.5) is 0 Å². The van der Waals surface area contributed by atoms with Crippen molar-refractivity contribution >= 4 is 5.97 Å². The first-order chi connectivity index (χ1) is 8.17. The zero-order valence-electron chi connectivity index (χ0n) is 10.2. The van der Waals surface area contributed by atoms with Crippen molar-refractivity contribution in [1.82, 2.24) is 10.1 Å². The van der Waals surface area contributed by atoms with Crippen LogP contribution in [0.25, 0.3) is 0 Å². The van der Waals surface area contributed by atoms with Crippen molar-refractivity contribution in [2.75, 3.05) is 6.61 Å². The second kappa shape index (κ2) is 7.01. The fourth-order valence-corrected chi connectivity index (χ4v) is 1.46. The summed E-state index contributed by atoms with van der Waals surface area (Å²) in [4.78, 5) is 14.6. The van der Waals surface area contributed by atoms with Gasteiger partial charge in [-0.15, -0.1) is 0 Å². The van der Waals surface area contributed by atoms with E-state index in [-0.39, 0.29) is 18.9 Å². The summed E-state index contributed by atoms with van der Waals surface area (Å²) in [6, 6.07) is 0. The van der Waals surface area contributed by atoms with Gasteiger partial charge in [0.25, 0.3) is 0 Å². The molecule has 0 aromatic carbocycles. The van der Waals surface area contributed by atoms with Gasteiger partial charge in [0.2, 0.25) is 11.7 Å².